The average molecular weight is 286 g/mol. The molecule has 0 aliphatic rings. The molecule has 0 aliphatic carbocycles. The summed E-state index contributed by atoms with van der Waals surface area (Å²) < 4.78 is 3.51. The van der Waals surface area contributed by atoms with Gasteiger partial charge in [0.25, 0.3) is 0 Å². The molecule has 0 fully saturated rings. The summed E-state index contributed by atoms with van der Waals surface area (Å²) in [5.74, 6) is 0. The molecule has 0 saturated carbocycles. The van der Waals surface area contributed by atoms with Crippen LogP contribution in [-0.4, -0.2) is 25.4 Å². The lowest BCUT2D eigenvalue weighted by atomic mass is 10.2. The van der Waals surface area contributed by atoms with Crippen molar-refractivity contribution >= 4 is 22.9 Å². The minimum absolute atomic E-state index is 0.260. The fourth-order valence-corrected chi connectivity index (χ4v) is 2.80. The van der Waals surface area contributed by atoms with Crippen LogP contribution < -0.4 is 5.69 Å². The summed E-state index contributed by atoms with van der Waals surface area (Å²) in [5, 5.41) is 0.717. The summed E-state index contributed by atoms with van der Waals surface area (Å²) in [6, 6.07) is 9.85. The van der Waals surface area contributed by atoms with E-state index in [1.165, 1.54) is 11.8 Å². The minimum atomic E-state index is -0.260. The zero-order valence-corrected chi connectivity index (χ0v) is 12.1. The zero-order chi connectivity index (χ0) is 14.1. The van der Waals surface area contributed by atoms with Gasteiger partial charge in [0, 0.05) is 7.05 Å². The molecule has 6 heteroatoms. The first kappa shape index (κ1) is 12.9. The lowest BCUT2D eigenvalue weighted by Gasteiger charge is -2.08. The van der Waals surface area contributed by atoms with Crippen LogP contribution in [0.5, 0.6) is 0 Å². The lowest BCUT2D eigenvalue weighted by molar-refractivity contribution is 0.737. The van der Waals surface area contributed by atoms with Crippen LogP contribution >= 0.6 is 11.8 Å². The van der Waals surface area contributed by atoms with Gasteiger partial charge in [0.05, 0.1) is 12.9 Å². The second-order valence-corrected chi connectivity index (χ2v) is 5.30. The van der Waals surface area contributed by atoms with Gasteiger partial charge in [0.2, 0.25) is 0 Å². The third kappa shape index (κ3) is 2.12. The molecule has 5 nitrogen and oxygen atoms in total. The fourth-order valence-electron chi connectivity index (χ4n) is 2.20. The maximum absolute atomic E-state index is 12.2. The standard InChI is InChI=1S/C14H14N4OS/c1-17-9-15-12-11(17)13(20-2)16-14(19)18(12)8-10-6-4-3-5-7-10/h3-7,9H,8H2,1-2H3. The predicted octanol–water partition coefficient (Wildman–Crippen LogP) is 1.90. The first-order valence-corrected chi connectivity index (χ1v) is 7.43. The zero-order valence-electron chi connectivity index (χ0n) is 11.3. The van der Waals surface area contributed by atoms with Crippen LogP contribution in [0.1, 0.15) is 5.56 Å². The van der Waals surface area contributed by atoms with Crippen LogP contribution in [0.2, 0.25) is 0 Å². The monoisotopic (exact) mass is 286 g/mol. The molecule has 0 bridgehead atoms. The van der Waals surface area contributed by atoms with Crippen molar-refractivity contribution < 1.29 is 0 Å². The van der Waals surface area contributed by atoms with Gasteiger partial charge in [-0.15, -0.1) is 11.8 Å². The highest BCUT2D eigenvalue weighted by Gasteiger charge is 2.14. The first-order chi connectivity index (χ1) is 9.70. The van der Waals surface area contributed by atoms with E-state index >= 15 is 0 Å². The molecule has 1 aromatic carbocycles. The number of aromatic nitrogens is 4. The van der Waals surface area contributed by atoms with E-state index < -0.39 is 0 Å². The van der Waals surface area contributed by atoms with Gasteiger partial charge < -0.3 is 4.57 Å². The van der Waals surface area contributed by atoms with Gasteiger partial charge in [-0.2, -0.15) is 4.98 Å². The summed E-state index contributed by atoms with van der Waals surface area (Å²) in [7, 11) is 1.91. The topological polar surface area (TPSA) is 52.7 Å². The fraction of sp³-hybridized carbons (Fsp3) is 0.214. The molecule has 2 aromatic heterocycles. The molecule has 102 valence electrons. The second kappa shape index (κ2) is 5.13. The molecule has 3 aromatic rings. The maximum atomic E-state index is 12.2. The summed E-state index contributed by atoms with van der Waals surface area (Å²) in [4.78, 5) is 20.7. The molecule has 3 rings (SSSR count). The quantitative estimate of drug-likeness (QED) is 0.545. The Hall–Kier alpha value is -2.08. The van der Waals surface area contributed by atoms with Gasteiger partial charge in [0.1, 0.15) is 10.5 Å². The summed E-state index contributed by atoms with van der Waals surface area (Å²) in [6.07, 6.45) is 3.63. The molecule has 20 heavy (non-hydrogen) atoms. The van der Waals surface area contributed by atoms with Crippen molar-refractivity contribution in [2.45, 2.75) is 11.6 Å². The van der Waals surface area contributed by atoms with Gasteiger partial charge in [-0.1, -0.05) is 30.3 Å². The highest BCUT2D eigenvalue weighted by molar-refractivity contribution is 7.98. The van der Waals surface area contributed by atoms with E-state index in [1.54, 1.807) is 10.9 Å². The number of aryl methyl sites for hydroxylation is 1. The number of benzene rings is 1. The third-order valence-corrected chi connectivity index (χ3v) is 3.85. The Morgan fingerprint density at radius 1 is 1.25 bits per heavy atom. The van der Waals surface area contributed by atoms with Crippen LogP contribution in [0.15, 0.2) is 46.5 Å². The average Bonchev–Trinajstić information content (AvgIpc) is 2.85. The van der Waals surface area contributed by atoms with Crippen molar-refractivity contribution in [1.29, 1.82) is 0 Å². The number of hydrogen-bond donors (Lipinski definition) is 0. The Balaban J connectivity index is 2.21. The summed E-state index contributed by atoms with van der Waals surface area (Å²) in [6.45, 7) is 0.481. The first-order valence-electron chi connectivity index (χ1n) is 6.20. The van der Waals surface area contributed by atoms with E-state index in [0.29, 0.717) is 17.2 Å². The molecular weight excluding hydrogens is 272 g/mol. The number of nitrogens with zero attached hydrogens (tertiary/aromatic N) is 4. The van der Waals surface area contributed by atoms with Crippen LogP contribution in [-0.2, 0) is 13.6 Å². The smallest absolute Gasteiger partial charge is 0.330 e. The minimum Gasteiger partial charge on any atom is -0.330 e. The molecule has 0 N–H and O–H groups in total. The molecule has 0 aliphatic heterocycles. The van der Waals surface area contributed by atoms with Crippen molar-refractivity contribution in [3.63, 3.8) is 0 Å². The molecular formula is C14H14N4OS. The number of rotatable bonds is 3. The van der Waals surface area contributed by atoms with Gasteiger partial charge in [0.15, 0.2) is 5.65 Å². The predicted molar refractivity (Wildman–Crippen MR) is 80.1 cm³/mol. The Morgan fingerprint density at radius 3 is 2.70 bits per heavy atom. The number of imidazole rings is 1. The Morgan fingerprint density at radius 2 is 2.00 bits per heavy atom. The Labute approximate surface area is 120 Å². The second-order valence-electron chi connectivity index (χ2n) is 4.50. The van der Waals surface area contributed by atoms with E-state index in [9.17, 15) is 4.79 Å². The largest absolute Gasteiger partial charge is 0.350 e. The van der Waals surface area contributed by atoms with E-state index in [4.69, 9.17) is 0 Å². The number of hydrogen-bond acceptors (Lipinski definition) is 4. The van der Waals surface area contributed by atoms with E-state index in [2.05, 4.69) is 9.97 Å². The Bertz CT molecular complexity index is 807. The van der Waals surface area contributed by atoms with Crippen molar-refractivity contribution in [1.82, 2.24) is 19.1 Å². The summed E-state index contributed by atoms with van der Waals surface area (Å²) in [5.41, 5.74) is 2.37. The Kier molecular flexibility index (Phi) is 3.31. The molecule has 0 unspecified atom stereocenters. The maximum Gasteiger partial charge on any atom is 0.350 e. The van der Waals surface area contributed by atoms with E-state index in [1.807, 2.05) is 48.2 Å². The van der Waals surface area contributed by atoms with Crippen LogP contribution in [0.3, 0.4) is 0 Å². The van der Waals surface area contributed by atoms with Gasteiger partial charge in [-0.05, 0) is 11.8 Å². The van der Waals surface area contributed by atoms with E-state index in [-0.39, 0.29) is 5.69 Å². The number of fused-ring (bicyclic) bond motifs is 1. The lowest BCUT2D eigenvalue weighted by Crippen LogP contribution is -2.24. The van der Waals surface area contributed by atoms with Crippen molar-refractivity contribution in [3.8, 4) is 0 Å². The van der Waals surface area contributed by atoms with Gasteiger partial charge in [-0.3, -0.25) is 4.57 Å². The van der Waals surface area contributed by atoms with Crippen LogP contribution in [0, 0.1) is 0 Å². The highest BCUT2D eigenvalue weighted by Crippen LogP contribution is 2.21. The summed E-state index contributed by atoms with van der Waals surface area (Å²) >= 11 is 1.46. The van der Waals surface area contributed by atoms with Crippen molar-refractivity contribution in [3.05, 3.63) is 52.7 Å². The van der Waals surface area contributed by atoms with E-state index in [0.717, 1.165) is 11.1 Å². The van der Waals surface area contributed by atoms with Gasteiger partial charge >= 0.3 is 5.69 Å². The third-order valence-electron chi connectivity index (χ3n) is 3.18. The van der Waals surface area contributed by atoms with Crippen LogP contribution in [0.4, 0.5) is 0 Å². The molecule has 0 atom stereocenters. The van der Waals surface area contributed by atoms with Crippen molar-refractivity contribution in [2.24, 2.45) is 7.05 Å². The number of thioether (sulfide) groups is 1. The van der Waals surface area contributed by atoms with Crippen molar-refractivity contribution in [2.75, 3.05) is 6.26 Å². The van der Waals surface area contributed by atoms with Crippen LogP contribution in [0.25, 0.3) is 11.2 Å². The molecule has 0 radical (unpaired) electrons. The molecule has 0 saturated heterocycles. The highest BCUT2D eigenvalue weighted by atomic mass is 32.2. The SMILES string of the molecule is CSc1nc(=O)n(Cc2ccccc2)c2ncn(C)c12. The normalized spacial score (nSPS) is 11.1. The molecule has 2 heterocycles. The van der Waals surface area contributed by atoms with Gasteiger partial charge in [-0.25, -0.2) is 9.78 Å². The molecule has 0 spiro atoms. The molecule has 0 amide bonds.